The van der Waals surface area contributed by atoms with Crippen LogP contribution in [0, 0.1) is 17.9 Å². The SMILES string of the molecule is CC(C)(C)c1cc(-c2ncnc3c(C(F)(F)F)c4ccccc4cc23)[c-]c2cc3ccsc3cc12.CCC(CC)C(=O)/C=C(\O)C(CC)CC.[Ir]. The maximum absolute atomic E-state index is 14.3. The molecule has 0 unspecified atom stereocenters. The second-order valence-corrected chi connectivity index (χ2v) is 14.7. The van der Waals surface area contributed by atoms with E-state index in [1.165, 1.54) is 23.2 Å². The number of nitrogens with zero attached hydrogens (tertiary/aromatic N) is 2. The van der Waals surface area contributed by atoms with Crippen molar-refractivity contribution >= 4 is 59.7 Å². The van der Waals surface area contributed by atoms with Crippen LogP contribution in [0.2, 0.25) is 0 Å². The van der Waals surface area contributed by atoms with Crippen LogP contribution < -0.4 is 0 Å². The first kappa shape index (κ1) is 40.1. The van der Waals surface area contributed by atoms with Gasteiger partial charge in [0, 0.05) is 48.4 Å². The second kappa shape index (κ2) is 16.4. The first-order chi connectivity index (χ1) is 23.7. The van der Waals surface area contributed by atoms with E-state index in [1.54, 1.807) is 35.6 Å². The Bertz CT molecular complexity index is 2190. The van der Waals surface area contributed by atoms with Crippen LogP contribution in [0.3, 0.4) is 0 Å². The molecule has 0 atom stereocenters. The first-order valence-corrected chi connectivity index (χ1v) is 18.2. The molecule has 0 saturated heterocycles. The topological polar surface area (TPSA) is 63.1 Å². The molecule has 271 valence electrons. The molecule has 0 aliphatic rings. The van der Waals surface area contributed by atoms with Crippen molar-refractivity contribution in [3.8, 4) is 11.3 Å². The van der Waals surface area contributed by atoms with E-state index >= 15 is 0 Å². The molecule has 1 N–H and O–H groups in total. The largest absolute Gasteiger partial charge is 0.512 e. The Labute approximate surface area is 315 Å². The van der Waals surface area contributed by atoms with Gasteiger partial charge in [-0.25, -0.2) is 4.98 Å². The third kappa shape index (κ3) is 8.53. The summed E-state index contributed by atoms with van der Waals surface area (Å²) in [4.78, 5) is 20.3. The van der Waals surface area contributed by atoms with Gasteiger partial charge in [0.2, 0.25) is 0 Å². The number of benzene rings is 4. The summed E-state index contributed by atoms with van der Waals surface area (Å²) < 4.78 is 44.0. The van der Waals surface area contributed by atoms with Gasteiger partial charge in [0.05, 0.1) is 16.8 Å². The molecule has 0 aliphatic carbocycles. The molecule has 2 aromatic heterocycles. The van der Waals surface area contributed by atoms with Gasteiger partial charge in [0.1, 0.15) is 6.33 Å². The van der Waals surface area contributed by atoms with Gasteiger partial charge in [-0.15, -0.1) is 40.5 Å². The Balaban J connectivity index is 0.000000312. The fraction of sp³-hybridized carbons (Fsp3) is 0.357. The van der Waals surface area contributed by atoms with Gasteiger partial charge >= 0.3 is 6.18 Å². The molecule has 9 heteroatoms. The summed E-state index contributed by atoms with van der Waals surface area (Å²) in [5.41, 5.74) is 1.18. The van der Waals surface area contributed by atoms with E-state index in [4.69, 9.17) is 0 Å². The average molecular weight is 890 g/mol. The van der Waals surface area contributed by atoms with Crippen LogP contribution in [-0.4, -0.2) is 20.9 Å². The molecule has 0 saturated carbocycles. The normalized spacial score (nSPS) is 12.5. The number of fused-ring (bicyclic) bond motifs is 4. The van der Waals surface area contributed by atoms with Gasteiger partial charge in [0.15, 0.2) is 5.78 Å². The van der Waals surface area contributed by atoms with Gasteiger partial charge in [-0.1, -0.05) is 102 Å². The predicted molar refractivity (Wildman–Crippen MR) is 202 cm³/mol. The van der Waals surface area contributed by atoms with Crippen molar-refractivity contribution in [1.82, 2.24) is 9.97 Å². The van der Waals surface area contributed by atoms with Gasteiger partial charge < -0.3 is 5.11 Å². The number of halogens is 3. The van der Waals surface area contributed by atoms with Crippen LogP contribution >= 0.6 is 11.3 Å². The Hall–Kier alpha value is -3.65. The molecular weight excluding hydrogens is 846 g/mol. The molecule has 4 nitrogen and oxygen atoms in total. The fourth-order valence-electron chi connectivity index (χ4n) is 6.63. The fourth-order valence-corrected chi connectivity index (χ4v) is 7.44. The van der Waals surface area contributed by atoms with E-state index in [2.05, 4.69) is 60.4 Å². The van der Waals surface area contributed by atoms with Gasteiger partial charge in [-0.3, -0.25) is 9.78 Å². The zero-order valence-corrected chi connectivity index (χ0v) is 33.2. The number of rotatable bonds is 8. The Morgan fingerprint density at radius 1 is 0.863 bits per heavy atom. The van der Waals surface area contributed by atoms with Crippen LogP contribution in [0.25, 0.3) is 53.8 Å². The van der Waals surface area contributed by atoms with Crippen LogP contribution in [0.4, 0.5) is 13.2 Å². The maximum Gasteiger partial charge on any atom is 0.419 e. The van der Waals surface area contributed by atoms with Crippen molar-refractivity contribution in [2.45, 2.75) is 85.7 Å². The molecule has 0 spiro atoms. The summed E-state index contributed by atoms with van der Waals surface area (Å²) in [6.07, 6.45) is 1.57. The molecule has 0 bridgehead atoms. The van der Waals surface area contributed by atoms with Gasteiger partial charge in [0.25, 0.3) is 0 Å². The van der Waals surface area contributed by atoms with Crippen LogP contribution in [0.1, 0.15) is 85.3 Å². The number of carbonyl (C=O) groups is 1. The van der Waals surface area contributed by atoms with Crippen LogP contribution in [0.5, 0.6) is 0 Å². The monoisotopic (exact) mass is 890 g/mol. The number of allylic oxidation sites excluding steroid dienone is 2. The number of carbonyl (C=O) groups excluding carboxylic acids is 1. The molecule has 4 aromatic carbocycles. The van der Waals surface area contributed by atoms with Gasteiger partial charge in [-0.05, 0) is 58.0 Å². The number of aromatic nitrogens is 2. The van der Waals surface area contributed by atoms with Crippen molar-refractivity contribution in [3.63, 3.8) is 0 Å². The minimum absolute atomic E-state index is 0. The Morgan fingerprint density at radius 3 is 2.16 bits per heavy atom. The van der Waals surface area contributed by atoms with Crippen molar-refractivity contribution in [2.75, 3.05) is 0 Å². The smallest absolute Gasteiger partial charge is 0.419 e. The summed E-state index contributed by atoms with van der Waals surface area (Å²) in [7, 11) is 0. The second-order valence-electron chi connectivity index (χ2n) is 13.8. The van der Waals surface area contributed by atoms with E-state index in [0.29, 0.717) is 22.0 Å². The number of hydrogen-bond acceptors (Lipinski definition) is 5. The summed E-state index contributed by atoms with van der Waals surface area (Å²) >= 11 is 1.69. The molecule has 2 heterocycles. The average Bonchev–Trinajstić information content (AvgIpc) is 3.53. The number of thiophene rings is 1. The molecular formula is C42H44F3IrN2O2S-. The first-order valence-electron chi connectivity index (χ1n) is 17.3. The minimum atomic E-state index is -4.56. The quantitative estimate of drug-likeness (QED) is 0.0716. The number of ketones is 1. The molecule has 0 aliphatic heterocycles. The van der Waals surface area contributed by atoms with Crippen molar-refractivity contribution < 1.29 is 43.2 Å². The number of aliphatic hydroxyl groups is 1. The summed E-state index contributed by atoms with van der Waals surface area (Å²) in [5.74, 6) is 0.547. The maximum atomic E-state index is 14.3. The Morgan fingerprint density at radius 2 is 1.53 bits per heavy atom. The van der Waals surface area contributed by atoms with Crippen molar-refractivity contribution in [2.24, 2.45) is 11.8 Å². The molecule has 6 aromatic rings. The molecule has 1 radical (unpaired) electrons. The number of hydrogen-bond donors (Lipinski definition) is 1. The van der Waals surface area contributed by atoms with E-state index in [9.17, 15) is 23.1 Å². The van der Waals surface area contributed by atoms with Crippen molar-refractivity contribution in [3.05, 3.63) is 95.3 Å². The third-order valence-corrected chi connectivity index (χ3v) is 10.4. The van der Waals surface area contributed by atoms with Crippen LogP contribution in [0.15, 0.2) is 78.1 Å². The van der Waals surface area contributed by atoms with Crippen LogP contribution in [-0.2, 0) is 36.5 Å². The zero-order valence-electron chi connectivity index (χ0n) is 30.0. The van der Waals surface area contributed by atoms with E-state index in [0.717, 1.165) is 47.4 Å². The summed E-state index contributed by atoms with van der Waals surface area (Å²) in [6.45, 7) is 14.5. The molecule has 51 heavy (non-hydrogen) atoms. The molecule has 0 amide bonds. The molecule has 0 fully saturated rings. The number of aliphatic hydroxyl groups excluding tert-OH is 1. The van der Waals surface area contributed by atoms with E-state index in [1.807, 2.05) is 33.8 Å². The summed E-state index contributed by atoms with van der Waals surface area (Å²) in [6, 6.07) is 20.1. The standard InChI is InChI=1S/C29H20F3N2S.C13H24O2.Ir/c1-28(2,3)23-13-19(11-18-10-17-8-9-35-24(17)14-21(18)23)26-22-12-16-6-4-5-7-20(16)25(29(30,31)32)27(22)34-15-33-26;1-5-10(6-2)12(14)9-13(15)11(7-3)8-4;/h4-10,12-15H,1-3H3;9-11,14H,5-8H2,1-4H3;/q-1;;/b;12-9-;. The molecule has 6 rings (SSSR count). The number of alkyl halides is 3. The predicted octanol–water partition coefficient (Wildman–Crippen LogP) is 12.8. The van der Waals surface area contributed by atoms with Crippen molar-refractivity contribution in [1.29, 1.82) is 0 Å². The van der Waals surface area contributed by atoms with E-state index in [-0.39, 0.29) is 59.8 Å². The van der Waals surface area contributed by atoms with E-state index < -0.39 is 11.7 Å². The zero-order chi connectivity index (χ0) is 36.4. The third-order valence-electron chi connectivity index (χ3n) is 9.52. The minimum Gasteiger partial charge on any atom is -0.512 e. The summed E-state index contributed by atoms with van der Waals surface area (Å²) in [5, 5.41) is 15.9. The Kier molecular flexibility index (Phi) is 12.9. The van der Waals surface area contributed by atoms with Gasteiger partial charge in [-0.2, -0.15) is 13.2 Å².